The quantitative estimate of drug-likeness (QED) is 0.655. The molecule has 1 aromatic rings. The summed E-state index contributed by atoms with van der Waals surface area (Å²) in [5.74, 6) is -2.83. The van der Waals surface area contributed by atoms with E-state index in [2.05, 4.69) is 0 Å². The van der Waals surface area contributed by atoms with Crippen molar-refractivity contribution >= 4 is 41.1 Å². The average molecular weight is 323 g/mol. The Bertz CT molecular complexity index is 580. The van der Waals surface area contributed by atoms with Crippen molar-refractivity contribution in [2.45, 2.75) is 13.0 Å². The third-order valence-corrected chi connectivity index (χ3v) is 2.73. The van der Waals surface area contributed by atoms with E-state index in [1.807, 2.05) is 0 Å². The molecule has 3 N–H and O–H groups in total. The fourth-order valence-electron chi connectivity index (χ4n) is 1.18. The van der Waals surface area contributed by atoms with Crippen LogP contribution in [-0.4, -0.2) is 24.0 Å². The maximum Gasteiger partial charge on any atom is 0.340 e. The molecule has 0 spiro atoms. The van der Waals surface area contributed by atoms with Crippen LogP contribution in [0.15, 0.2) is 12.1 Å². The third kappa shape index (κ3) is 4.07. The van der Waals surface area contributed by atoms with Crippen molar-refractivity contribution in [3.8, 4) is 0 Å². The molecule has 0 saturated heterocycles. The Hall–Kier alpha value is -1.86. The van der Waals surface area contributed by atoms with E-state index >= 15 is 0 Å². The minimum atomic E-state index is -1.31. The number of nitrogens with one attached hydrogen (secondary N) is 1. The van der Waals surface area contributed by atoms with Gasteiger partial charge in [-0.3, -0.25) is 10.1 Å². The van der Waals surface area contributed by atoms with Crippen molar-refractivity contribution in [2.24, 2.45) is 5.73 Å². The molecule has 0 unspecified atom stereocenters. The van der Waals surface area contributed by atoms with Gasteiger partial charge in [-0.1, -0.05) is 23.2 Å². The number of carbonyl (C=O) groups is 3. The van der Waals surface area contributed by atoms with E-state index in [1.165, 1.54) is 6.92 Å². The largest absolute Gasteiger partial charge is 0.449 e. The molecule has 0 aliphatic carbocycles. The van der Waals surface area contributed by atoms with Crippen molar-refractivity contribution < 1.29 is 23.5 Å². The Kier molecular flexibility index (Phi) is 5.29. The van der Waals surface area contributed by atoms with Crippen LogP contribution in [0.2, 0.25) is 10.0 Å². The molecule has 1 rings (SSSR count). The third-order valence-electron chi connectivity index (χ3n) is 2.13. The van der Waals surface area contributed by atoms with Gasteiger partial charge in [0, 0.05) is 0 Å². The summed E-state index contributed by atoms with van der Waals surface area (Å²) in [6, 6.07) is 0.725. The number of benzene rings is 1. The summed E-state index contributed by atoms with van der Waals surface area (Å²) in [5, 5.41) is 1.34. The zero-order valence-electron chi connectivity index (χ0n) is 10.1. The number of amides is 3. The maximum atomic E-state index is 13.2. The van der Waals surface area contributed by atoms with Gasteiger partial charge in [0.1, 0.15) is 5.82 Å². The number of halogens is 3. The number of urea groups is 1. The number of rotatable bonds is 3. The van der Waals surface area contributed by atoms with Crippen molar-refractivity contribution in [1.29, 1.82) is 0 Å². The molecule has 20 heavy (non-hydrogen) atoms. The molecule has 6 nitrogen and oxygen atoms in total. The van der Waals surface area contributed by atoms with Crippen LogP contribution in [-0.2, 0) is 9.53 Å². The molecule has 3 amide bonds. The number of esters is 1. The highest BCUT2D eigenvalue weighted by atomic mass is 35.5. The summed E-state index contributed by atoms with van der Waals surface area (Å²) >= 11 is 11.2. The van der Waals surface area contributed by atoms with Gasteiger partial charge in [-0.25, -0.2) is 14.0 Å². The van der Waals surface area contributed by atoms with E-state index in [1.54, 1.807) is 5.32 Å². The number of primary amides is 1. The standard InChI is InChI=1S/C11H9Cl2FN2O4/c1-4(9(17)16-11(15)19)20-10(18)5-2-8(14)7(13)3-6(5)12/h2-4H,1H3,(H3,15,16,17,19)/t4-/m0/s1. The Morgan fingerprint density at radius 1 is 1.30 bits per heavy atom. The minimum absolute atomic E-state index is 0.135. The van der Waals surface area contributed by atoms with E-state index in [0.717, 1.165) is 12.1 Å². The summed E-state index contributed by atoms with van der Waals surface area (Å²) in [6.45, 7) is 1.20. The highest BCUT2D eigenvalue weighted by Gasteiger charge is 2.22. The molecule has 0 saturated carbocycles. The highest BCUT2D eigenvalue weighted by Crippen LogP contribution is 2.25. The number of ether oxygens (including phenoxy) is 1. The van der Waals surface area contributed by atoms with Crippen molar-refractivity contribution in [2.75, 3.05) is 0 Å². The molecule has 0 aromatic heterocycles. The van der Waals surface area contributed by atoms with Gasteiger partial charge in [-0.2, -0.15) is 0 Å². The summed E-state index contributed by atoms with van der Waals surface area (Å²) in [7, 11) is 0. The van der Waals surface area contributed by atoms with Crippen LogP contribution in [0.25, 0.3) is 0 Å². The van der Waals surface area contributed by atoms with Crippen LogP contribution in [0.1, 0.15) is 17.3 Å². The molecule has 0 aliphatic heterocycles. The van der Waals surface area contributed by atoms with Gasteiger partial charge in [0.25, 0.3) is 5.91 Å². The molecule has 0 radical (unpaired) electrons. The van der Waals surface area contributed by atoms with Crippen LogP contribution in [0.3, 0.4) is 0 Å². The van der Waals surface area contributed by atoms with Gasteiger partial charge >= 0.3 is 12.0 Å². The first kappa shape index (κ1) is 16.2. The van der Waals surface area contributed by atoms with Gasteiger partial charge in [-0.15, -0.1) is 0 Å². The normalized spacial score (nSPS) is 11.6. The van der Waals surface area contributed by atoms with Crippen LogP contribution in [0.5, 0.6) is 0 Å². The topological polar surface area (TPSA) is 98.5 Å². The first-order valence-corrected chi connectivity index (χ1v) is 5.93. The summed E-state index contributed by atoms with van der Waals surface area (Å²) in [4.78, 5) is 33.5. The van der Waals surface area contributed by atoms with Crippen molar-refractivity contribution in [3.63, 3.8) is 0 Å². The zero-order valence-corrected chi connectivity index (χ0v) is 11.6. The number of nitrogens with two attached hydrogens (primary N) is 1. The van der Waals surface area contributed by atoms with Gasteiger partial charge < -0.3 is 10.5 Å². The Balaban J connectivity index is 2.84. The van der Waals surface area contributed by atoms with E-state index in [0.29, 0.717) is 0 Å². The molecule has 0 bridgehead atoms. The number of hydrogen-bond acceptors (Lipinski definition) is 4. The first-order chi connectivity index (χ1) is 9.22. The molecule has 1 aromatic carbocycles. The molecule has 0 heterocycles. The van der Waals surface area contributed by atoms with Crippen LogP contribution >= 0.6 is 23.2 Å². The number of hydrogen-bond donors (Lipinski definition) is 2. The van der Waals surface area contributed by atoms with Crippen molar-refractivity contribution in [3.05, 3.63) is 33.6 Å². The predicted octanol–water partition coefficient (Wildman–Crippen LogP) is 1.87. The summed E-state index contributed by atoms with van der Waals surface area (Å²) in [5.41, 5.74) is 4.44. The lowest BCUT2D eigenvalue weighted by Crippen LogP contribution is -2.42. The summed E-state index contributed by atoms with van der Waals surface area (Å²) < 4.78 is 18.0. The fourth-order valence-corrected chi connectivity index (χ4v) is 1.64. The fraction of sp³-hybridized carbons (Fsp3) is 0.182. The van der Waals surface area contributed by atoms with Gasteiger partial charge in [-0.05, 0) is 19.1 Å². The zero-order chi connectivity index (χ0) is 15.4. The molecule has 0 aliphatic rings. The van der Waals surface area contributed by atoms with E-state index in [-0.39, 0.29) is 15.6 Å². The molecule has 0 fully saturated rings. The molecular formula is C11H9Cl2FN2O4. The Morgan fingerprint density at radius 2 is 1.90 bits per heavy atom. The van der Waals surface area contributed by atoms with Gasteiger partial charge in [0.05, 0.1) is 15.6 Å². The van der Waals surface area contributed by atoms with E-state index in [9.17, 15) is 18.8 Å². The molecule has 9 heteroatoms. The monoisotopic (exact) mass is 322 g/mol. The van der Waals surface area contributed by atoms with E-state index in [4.69, 9.17) is 33.7 Å². The minimum Gasteiger partial charge on any atom is -0.449 e. The Labute approximate surface area is 123 Å². The average Bonchev–Trinajstić information content (AvgIpc) is 2.32. The number of imide groups is 1. The second-order valence-electron chi connectivity index (χ2n) is 3.65. The van der Waals surface area contributed by atoms with Crippen LogP contribution in [0.4, 0.5) is 9.18 Å². The van der Waals surface area contributed by atoms with Crippen molar-refractivity contribution in [1.82, 2.24) is 5.32 Å². The number of carbonyl (C=O) groups excluding carboxylic acids is 3. The maximum absolute atomic E-state index is 13.2. The van der Waals surface area contributed by atoms with E-state index < -0.39 is 29.8 Å². The second-order valence-corrected chi connectivity index (χ2v) is 4.46. The summed E-state index contributed by atoms with van der Waals surface area (Å²) in [6.07, 6.45) is -1.31. The lowest BCUT2D eigenvalue weighted by Gasteiger charge is -2.12. The highest BCUT2D eigenvalue weighted by molar-refractivity contribution is 6.36. The Morgan fingerprint density at radius 3 is 2.45 bits per heavy atom. The van der Waals surface area contributed by atoms with Crippen LogP contribution in [0, 0.1) is 5.82 Å². The molecule has 108 valence electrons. The molecule has 1 atom stereocenters. The second kappa shape index (κ2) is 6.53. The van der Waals surface area contributed by atoms with Crippen LogP contribution < -0.4 is 11.1 Å². The lowest BCUT2D eigenvalue weighted by atomic mass is 10.2. The lowest BCUT2D eigenvalue weighted by molar-refractivity contribution is -0.127. The predicted molar refractivity (Wildman–Crippen MR) is 69.0 cm³/mol. The SMILES string of the molecule is C[C@H](OC(=O)c1cc(F)c(Cl)cc1Cl)C(=O)NC(N)=O. The van der Waals surface area contributed by atoms with Gasteiger partial charge in [0.15, 0.2) is 6.10 Å². The first-order valence-electron chi connectivity index (χ1n) is 5.18. The van der Waals surface area contributed by atoms with Gasteiger partial charge in [0.2, 0.25) is 0 Å². The molecular weight excluding hydrogens is 314 g/mol. The smallest absolute Gasteiger partial charge is 0.340 e.